The van der Waals surface area contributed by atoms with Crippen LogP contribution in [0.1, 0.15) is 12.1 Å². The summed E-state index contributed by atoms with van der Waals surface area (Å²) >= 11 is 0. The number of hydrogen-bond donors (Lipinski definition) is 0. The van der Waals surface area contributed by atoms with Crippen molar-refractivity contribution in [2.45, 2.75) is 25.2 Å². The minimum Gasteiger partial charge on any atom is -0.443 e. The molecule has 0 bridgehead atoms. The van der Waals surface area contributed by atoms with Crippen LogP contribution in [0.4, 0.5) is 14.9 Å². The maximum absolute atomic E-state index is 14.9. The minimum atomic E-state index is -0.529. The van der Waals surface area contributed by atoms with Crippen LogP contribution in [0.15, 0.2) is 54.1 Å². The van der Waals surface area contributed by atoms with Crippen LogP contribution < -0.4 is 4.90 Å². The summed E-state index contributed by atoms with van der Waals surface area (Å²) in [5, 5.41) is 18.9. The average Bonchev–Trinajstić information content (AvgIpc) is 3.56. The number of oxime groups is 1. The van der Waals surface area contributed by atoms with Crippen LogP contribution in [-0.2, 0) is 16.1 Å². The summed E-state index contributed by atoms with van der Waals surface area (Å²) in [6.07, 6.45) is 4.16. The maximum atomic E-state index is 14.9. The second-order valence-corrected chi connectivity index (χ2v) is 7.51. The molecule has 4 heterocycles. The van der Waals surface area contributed by atoms with Gasteiger partial charge < -0.3 is 14.7 Å². The maximum Gasteiger partial charge on any atom is 0.414 e. The van der Waals surface area contributed by atoms with Gasteiger partial charge in [-0.3, -0.25) is 9.88 Å². The van der Waals surface area contributed by atoms with Gasteiger partial charge in [-0.2, -0.15) is 0 Å². The third-order valence-corrected chi connectivity index (χ3v) is 5.33. The van der Waals surface area contributed by atoms with Gasteiger partial charge in [-0.25, -0.2) is 13.9 Å². The number of hydrogen-bond acceptors (Lipinski definition) is 7. The molecule has 11 heteroatoms. The van der Waals surface area contributed by atoms with E-state index in [1.54, 1.807) is 47.5 Å². The van der Waals surface area contributed by atoms with Gasteiger partial charge in [0.05, 0.1) is 30.7 Å². The standard InChI is InChI=1S/C21H19FN6O4/c22-18-7-14(28-11-16(31-21(28)30)10-27-6-5-24-26-27)2-3-17(18)13-1-4-19(23-9-13)20-8-15(12-29)32-25-20/h1-7,9,15-16,29H,8,10-12H2/p+1/t15-,16-/m0/s1. The van der Waals surface area contributed by atoms with E-state index in [0.717, 1.165) is 0 Å². The molecule has 1 amide bonds. The van der Waals surface area contributed by atoms with Gasteiger partial charge in [-0.1, -0.05) is 16.4 Å². The number of rotatable bonds is 6. The first-order valence-electron chi connectivity index (χ1n) is 10.1. The molecule has 0 saturated carbocycles. The number of pyridine rings is 1. The van der Waals surface area contributed by atoms with E-state index in [4.69, 9.17) is 14.7 Å². The van der Waals surface area contributed by atoms with E-state index in [9.17, 15) is 9.18 Å². The third kappa shape index (κ3) is 3.89. The van der Waals surface area contributed by atoms with Crippen molar-refractivity contribution in [2.75, 3.05) is 18.1 Å². The molecule has 3 aromatic rings. The molecule has 1 aromatic carbocycles. The largest absolute Gasteiger partial charge is 0.443 e. The number of cyclic esters (lactones) is 1. The number of anilines is 1. The molecule has 1 saturated heterocycles. The fourth-order valence-electron chi connectivity index (χ4n) is 3.69. The Balaban J connectivity index is 1.30. The van der Waals surface area contributed by atoms with Crippen molar-refractivity contribution in [3.8, 4) is 11.1 Å². The zero-order valence-corrected chi connectivity index (χ0v) is 16.9. The second-order valence-electron chi connectivity index (χ2n) is 7.51. The number of benzene rings is 1. The van der Waals surface area contributed by atoms with Crippen LogP contribution in [0.25, 0.3) is 11.1 Å². The quantitative estimate of drug-likeness (QED) is 0.540. The van der Waals surface area contributed by atoms with Gasteiger partial charge in [-0.05, 0) is 24.3 Å². The second kappa shape index (κ2) is 8.35. The van der Waals surface area contributed by atoms with Crippen molar-refractivity contribution >= 4 is 17.5 Å². The zero-order chi connectivity index (χ0) is 22.1. The Bertz CT molecular complexity index is 1150. The molecule has 164 valence electrons. The highest BCUT2D eigenvalue weighted by atomic mass is 19.1. The number of amides is 1. The van der Waals surface area contributed by atoms with Crippen molar-refractivity contribution in [1.29, 1.82) is 0 Å². The lowest BCUT2D eigenvalue weighted by atomic mass is 10.0. The summed E-state index contributed by atoms with van der Waals surface area (Å²) in [7, 11) is 0. The predicted molar refractivity (Wildman–Crippen MR) is 112 cm³/mol. The molecular formula is C21H20FN6O4+. The zero-order valence-electron chi connectivity index (χ0n) is 16.9. The number of carbonyl (C=O) groups is 1. The Morgan fingerprint density at radius 1 is 1.22 bits per heavy atom. The molecule has 0 radical (unpaired) electrons. The van der Waals surface area contributed by atoms with E-state index < -0.39 is 18.0 Å². The SMILES string of the molecule is O=C1O[C@@H](Cn2ccnn2)CN1c1ccc(-c2ccc(C3=NO[C@H](C[OH2+])C3)nc2)c(F)c1. The van der Waals surface area contributed by atoms with Gasteiger partial charge in [0.25, 0.3) is 0 Å². The Hall–Kier alpha value is -3.86. The lowest BCUT2D eigenvalue weighted by molar-refractivity contribution is 0.0390. The molecule has 2 N–H and O–H groups in total. The number of nitrogens with zero attached hydrogens (tertiary/aromatic N) is 6. The summed E-state index contributed by atoms with van der Waals surface area (Å²) in [5.41, 5.74) is 2.70. The van der Waals surface area contributed by atoms with Crippen molar-refractivity contribution < 1.29 is 23.9 Å². The summed E-state index contributed by atoms with van der Waals surface area (Å²) in [6.45, 7) is 0.797. The Labute approximate surface area is 181 Å². The van der Waals surface area contributed by atoms with Gasteiger partial charge in [0.15, 0.2) is 6.61 Å². The lowest BCUT2D eigenvalue weighted by Crippen LogP contribution is -2.26. The molecule has 0 unspecified atom stereocenters. The molecule has 0 spiro atoms. The van der Waals surface area contributed by atoms with Crippen LogP contribution in [0.2, 0.25) is 0 Å². The highest BCUT2D eigenvalue weighted by Crippen LogP contribution is 2.29. The summed E-state index contributed by atoms with van der Waals surface area (Å²) in [4.78, 5) is 23.2. The molecule has 2 aliphatic rings. The topological polar surface area (TPSA) is 118 Å². The van der Waals surface area contributed by atoms with Crippen molar-refractivity contribution in [3.63, 3.8) is 0 Å². The number of ether oxygens (including phenoxy) is 1. The number of halogens is 1. The first kappa shape index (κ1) is 20.1. The first-order valence-corrected chi connectivity index (χ1v) is 10.1. The summed E-state index contributed by atoms with van der Waals surface area (Å²) in [5.74, 6) is -0.472. The van der Waals surface area contributed by atoms with E-state index >= 15 is 0 Å². The molecular weight excluding hydrogens is 419 g/mol. The van der Waals surface area contributed by atoms with Crippen LogP contribution in [0, 0.1) is 5.82 Å². The summed E-state index contributed by atoms with van der Waals surface area (Å²) in [6, 6.07) is 8.12. The monoisotopic (exact) mass is 439 g/mol. The Morgan fingerprint density at radius 3 is 2.81 bits per heavy atom. The predicted octanol–water partition coefficient (Wildman–Crippen LogP) is 1.72. The van der Waals surface area contributed by atoms with Gasteiger partial charge in [0.2, 0.25) is 6.10 Å². The highest BCUT2D eigenvalue weighted by molar-refractivity contribution is 5.99. The van der Waals surface area contributed by atoms with Gasteiger partial charge in [0, 0.05) is 29.9 Å². The third-order valence-electron chi connectivity index (χ3n) is 5.33. The van der Waals surface area contributed by atoms with Gasteiger partial charge in [-0.15, -0.1) is 5.10 Å². The normalized spacial score (nSPS) is 20.2. The van der Waals surface area contributed by atoms with Gasteiger partial charge in [0.1, 0.15) is 17.6 Å². The van der Waals surface area contributed by atoms with Gasteiger partial charge >= 0.3 is 6.09 Å². The Morgan fingerprint density at radius 2 is 2.12 bits per heavy atom. The molecule has 32 heavy (non-hydrogen) atoms. The molecule has 10 nitrogen and oxygen atoms in total. The van der Waals surface area contributed by atoms with Crippen molar-refractivity contribution in [2.24, 2.45) is 5.16 Å². The molecule has 0 aliphatic carbocycles. The fourth-order valence-corrected chi connectivity index (χ4v) is 3.69. The van der Waals surface area contributed by atoms with Crippen LogP contribution in [0.3, 0.4) is 0 Å². The number of carbonyl (C=O) groups excluding carboxylic acids is 1. The highest BCUT2D eigenvalue weighted by Gasteiger charge is 2.33. The molecule has 5 rings (SSSR count). The molecule has 2 aliphatic heterocycles. The van der Waals surface area contributed by atoms with E-state index in [1.807, 2.05) is 0 Å². The molecule has 2 atom stereocenters. The fraction of sp³-hybridized carbons (Fsp3) is 0.286. The minimum absolute atomic E-state index is 0.133. The van der Waals surface area contributed by atoms with E-state index in [2.05, 4.69) is 20.5 Å². The van der Waals surface area contributed by atoms with Crippen molar-refractivity contribution in [1.82, 2.24) is 20.0 Å². The first-order chi connectivity index (χ1) is 15.6. The number of aromatic nitrogens is 4. The van der Waals surface area contributed by atoms with E-state index in [0.29, 0.717) is 41.2 Å². The van der Waals surface area contributed by atoms with E-state index in [-0.39, 0.29) is 19.3 Å². The average molecular weight is 439 g/mol. The molecule has 1 fully saturated rings. The van der Waals surface area contributed by atoms with Crippen LogP contribution in [0.5, 0.6) is 0 Å². The Kier molecular flexibility index (Phi) is 5.23. The van der Waals surface area contributed by atoms with E-state index in [1.165, 1.54) is 11.0 Å². The van der Waals surface area contributed by atoms with Crippen molar-refractivity contribution in [3.05, 3.63) is 60.4 Å². The smallest absolute Gasteiger partial charge is 0.414 e. The summed E-state index contributed by atoms with van der Waals surface area (Å²) < 4.78 is 21.9. The van der Waals surface area contributed by atoms with Crippen LogP contribution >= 0.6 is 0 Å². The van der Waals surface area contributed by atoms with Crippen LogP contribution in [-0.4, -0.2) is 62.2 Å². The lowest BCUT2D eigenvalue weighted by Gasteiger charge is -2.14. The molecule has 2 aromatic heterocycles.